The molecule has 29 heavy (non-hydrogen) atoms. The zero-order valence-electron chi connectivity index (χ0n) is 14.8. The molecule has 0 saturated heterocycles. The van der Waals surface area contributed by atoms with E-state index < -0.39 is 28.4 Å². The third-order valence-electron chi connectivity index (χ3n) is 4.62. The molecule has 0 saturated carbocycles. The maximum absolute atomic E-state index is 13.1. The molecule has 0 bridgehead atoms. The van der Waals surface area contributed by atoms with Crippen LogP contribution in [-0.2, 0) is 11.3 Å². The summed E-state index contributed by atoms with van der Waals surface area (Å²) in [5.74, 6) is -1.32. The summed E-state index contributed by atoms with van der Waals surface area (Å²) in [7, 11) is 0. The van der Waals surface area contributed by atoms with Crippen LogP contribution in [0.25, 0.3) is 0 Å². The Morgan fingerprint density at radius 2 is 1.97 bits per heavy atom. The molecule has 8 nitrogen and oxygen atoms in total. The average Bonchev–Trinajstić information content (AvgIpc) is 3.46. The Hall–Kier alpha value is -3.72. The van der Waals surface area contributed by atoms with Crippen molar-refractivity contribution in [2.24, 2.45) is 0 Å². The van der Waals surface area contributed by atoms with Crippen molar-refractivity contribution in [3.63, 3.8) is 0 Å². The topological polar surface area (TPSA) is 114 Å². The van der Waals surface area contributed by atoms with E-state index in [9.17, 15) is 24.8 Å². The predicted octanol–water partition coefficient (Wildman–Crippen LogP) is 4.03. The maximum Gasteiger partial charge on any atom is 0.290 e. The molecule has 0 spiro atoms. The summed E-state index contributed by atoms with van der Waals surface area (Å²) < 4.78 is 5.32. The zero-order chi connectivity index (χ0) is 20.5. The number of non-ortho nitro benzene ring substituents is 1. The van der Waals surface area contributed by atoms with Crippen LogP contribution in [0.3, 0.4) is 0 Å². The molecule has 0 radical (unpaired) electrons. The molecule has 0 aliphatic carbocycles. The molecule has 1 aliphatic rings. The SMILES string of the molecule is O=C(C1=C(O)C(=O)N(Cc2ccco2)C1c1ccc([N+](=O)[O-])cc1)c1cccs1. The number of hydrogen-bond donors (Lipinski definition) is 1. The van der Waals surface area contributed by atoms with E-state index >= 15 is 0 Å². The van der Waals surface area contributed by atoms with Crippen LogP contribution in [0.1, 0.15) is 27.0 Å². The number of nitro groups is 1. The first-order valence-corrected chi connectivity index (χ1v) is 9.44. The molecule has 1 aliphatic heterocycles. The van der Waals surface area contributed by atoms with Crippen LogP contribution in [0.15, 0.2) is 75.9 Å². The smallest absolute Gasteiger partial charge is 0.290 e. The number of carbonyl (C=O) groups is 2. The van der Waals surface area contributed by atoms with Gasteiger partial charge in [-0.1, -0.05) is 6.07 Å². The van der Waals surface area contributed by atoms with Gasteiger partial charge in [-0.3, -0.25) is 19.7 Å². The van der Waals surface area contributed by atoms with Gasteiger partial charge in [0.25, 0.3) is 11.6 Å². The summed E-state index contributed by atoms with van der Waals surface area (Å²) in [6.07, 6.45) is 1.46. The number of thiophene rings is 1. The van der Waals surface area contributed by atoms with Crippen molar-refractivity contribution in [1.29, 1.82) is 0 Å². The van der Waals surface area contributed by atoms with E-state index in [4.69, 9.17) is 4.42 Å². The highest BCUT2D eigenvalue weighted by Gasteiger charge is 2.44. The number of rotatable bonds is 6. The Labute approximate surface area is 168 Å². The minimum atomic E-state index is -0.900. The van der Waals surface area contributed by atoms with Crippen molar-refractivity contribution in [3.8, 4) is 0 Å². The Morgan fingerprint density at radius 3 is 2.55 bits per heavy atom. The van der Waals surface area contributed by atoms with Gasteiger partial charge < -0.3 is 14.4 Å². The highest BCUT2D eigenvalue weighted by Crippen LogP contribution is 2.40. The Balaban J connectivity index is 1.79. The third kappa shape index (κ3) is 3.32. The van der Waals surface area contributed by atoms with Crippen molar-refractivity contribution < 1.29 is 24.0 Å². The number of aliphatic hydroxyl groups is 1. The molecule has 4 rings (SSSR count). The number of ketones is 1. The van der Waals surface area contributed by atoms with Gasteiger partial charge in [0.15, 0.2) is 5.76 Å². The minimum Gasteiger partial charge on any atom is -0.503 e. The lowest BCUT2D eigenvalue weighted by Crippen LogP contribution is -2.30. The normalized spacial score (nSPS) is 16.5. The average molecular weight is 410 g/mol. The van der Waals surface area contributed by atoms with Gasteiger partial charge in [0.1, 0.15) is 5.76 Å². The van der Waals surface area contributed by atoms with Gasteiger partial charge in [0.05, 0.1) is 34.2 Å². The van der Waals surface area contributed by atoms with Crippen molar-refractivity contribution in [1.82, 2.24) is 4.90 Å². The van der Waals surface area contributed by atoms with E-state index in [1.165, 1.54) is 46.8 Å². The van der Waals surface area contributed by atoms with Crippen LogP contribution in [0, 0.1) is 10.1 Å². The minimum absolute atomic E-state index is 0.0266. The Morgan fingerprint density at radius 1 is 1.21 bits per heavy atom. The fourth-order valence-corrected chi connectivity index (χ4v) is 3.96. The number of furan rings is 1. The molecular weight excluding hydrogens is 396 g/mol. The van der Waals surface area contributed by atoms with Crippen molar-refractivity contribution >= 4 is 28.7 Å². The van der Waals surface area contributed by atoms with E-state index in [0.29, 0.717) is 16.2 Å². The standard InChI is InChI=1S/C20H14N2O6S/c23-18(15-4-2-10-29-15)16-17(12-5-7-13(8-6-12)22(26)27)21(20(25)19(16)24)11-14-3-1-9-28-14/h1-10,17,24H,11H2. The zero-order valence-corrected chi connectivity index (χ0v) is 15.7. The summed E-state index contributed by atoms with van der Waals surface area (Å²) in [6.45, 7) is 0.0266. The van der Waals surface area contributed by atoms with Crippen LogP contribution < -0.4 is 0 Å². The quantitative estimate of drug-likeness (QED) is 0.373. The predicted molar refractivity (Wildman–Crippen MR) is 103 cm³/mol. The van der Waals surface area contributed by atoms with E-state index in [1.54, 1.807) is 29.6 Å². The molecule has 146 valence electrons. The molecule has 1 N–H and O–H groups in total. The molecule has 9 heteroatoms. The molecular formula is C20H14N2O6S. The number of nitro benzene ring substituents is 1. The van der Waals surface area contributed by atoms with Gasteiger partial charge in [-0.2, -0.15) is 0 Å². The number of amides is 1. The van der Waals surface area contributed by atoms with E-state index in [2.05, 4.69) is 0 Å². The number of aliphatic hydroxyl groups excluding tert-OH is 1. The summed E-state index contributed by atoms with van der Waals surface area (Å²) in [5, 5.41) is 23.2. The lowest BCUT2D eigenvalue weighted by Gasteiger charge is -2.25. The second-order valence-corrected chi connectivity index (χ2v) is 7.28. The van der Waals surface area contributed by atoms with Gasteiger partial charge in [0, 0.05) is 12.1 Å². The van der Waals surface area contributed by atoms with E-state index in [0.717, 1.165) is 0 Å². The first-order valence-electron chi connectivity index (χ1n) is 8.56. The van der Waals surface area contributed by atoms with Crippen LogP contribution in [0.5, 0.6) is 0 Å². The summed E-state index contributed by atoms with van der Waals surface area (Å²) in [4.78, 5) is 38.0. The number of hydrogen-bond acceptors (Lipinski definition) is 7. The summed E-state index contributed by atoms with van der Waals surface area (Å²) >= 11 is 1.20. The lowest BCUT2D eigenvalue weighted by atomic mass is 9.95. The molecule has 1 unspecified atom stereocenters. The van der Waals surface area contributed by atoms with E-state index in [1.807, 2.05) is 0 Å². The fourth-order valence-electron chi connectivity index (χ4n) is 3.28. The molecule has 3 heterocycles. The number of carbonyl (C=O) groups excluding carboxylic acids is 2. The molecule has 3 aromatic rings. The van der Waals surface area contributed by atoms with Crippen LogP contribution in [0.2, 0.25) is 0 Å². The van der Waals surface area contributed by atoms with Crippen molar-refractivity contribution in [2.75, 3.05) is 0 Å². The largest absolute Gasteiger partial charge is 0.503 e. The van der Waals surface area contributed by atoms with Crippen molar-refractivity contribution in [2.45, 2.75) is 12.6 Å². The highest BCUT2D eigenvalue weighted by molar-refractivity contribution is 7.12. The molecule has 2 aromatic heterocycles. The van der Waals surface area contributed by atoms with Crippen LogP contribution in [-0.4, -0.2) is 26.6 Å². The maximum atomic E-state index is 13.1. The van der Waals surface area contributed by atoms with Gasteiger partial charge in [0.2, 0.25) is 5.78 Å². The van der Waals surface area contributed by atoms with Crippen LogP contribution >= 0.6 is 11.3 Å². The first-order chi connectivity index (χ1) is 14.0. The monoisotopic (exact) mass is 410 g/mol. The molecule has 1 amide bonds. The van der Waals surface area contributed by atoms with Gasteiger partial charge in [-0.15, -0.1) is 11.3 Å². The fraction of sp³-hybridized carbons (Fsp3) is 0.100. The highest BCUT2D eigenvalue weighted by atomic mass is 32.1. The Bertz CT molecular complexity index is 1100. The lowest BCUT2D eigenvalue weighted by molar-refractivity contribution is -0.384. The number of benzene rings is 1. The third-order valence-corrected chi connectivity index (χ3v) is 5.49. The number of Topliss-reactive ketones (excluding diaryl/α,β-unsaturated/α-hetero) is 1. The van der Waals surface area contributed by atoms with Crippen LogP contribution in [0.4, 0.5) is 5.69 Å². The van der Waals surface area contributed by atoms with Gasteiger partial charge >= 0.3 is 0 Å². The Kier molecular flexibility index (Phi) is 4.73. The second kappa shape index (κ2) is 7.36. The molecule has 1 atom stereocenters. The summed E-state index contributed by atoms with van der Waals surface area (Å²) in [5.41, 5.74) is 0.298. The van der Waals surface area contributed by atoms with Gasteiger partial charge in [-0.25, -0.2) is 0 Å². The number of nitrogens with zero attached hydrogens (tertiary/aromatic N) is 2. The second-order valence-electron chi connectivity index (χ2n) is 6.33. The van der Waals surface area contributed by atoms with Crippen molar-refractivity contribution in [3.05, 3.63) is 97.8 Å². The first kappa shape index (κ1) is 18.6. The molecule has 1 aromatic carbocycles. The van der Waals surface area contributed by atoms with E-state index in [-0.39, 0.29) is 17.8 Å². The summed E-state index contributed by atoms with van der Waals surface area (Å²) in [6, 6.07) is 11.3. The van der Waals surface area contributed by atoms with Gasteiger partial charge in [-0.05, 0) is 41.3 Å². The molecule has 0 fully saturated rings.